The quantitative estimate of drug-likeness (QED) is 0.317. The zero-order valence-corrected chi connectivity index (χ0v) is 7.92. The average molecular weight is 168 g/mol. The van der Waals surface area contributed by atoms with Crippen LogP contribution in [0.3, 0.4) is 0 Å². The summed E-state index contributed by atoms with van der Waals surface area (Å²) in [5, 5.41) is 0. The predicted octanol–water partition coefficient (Wildman–Crippen LogP) is 0.0650. The normalized spacial score (nSPS) is 8.55. The summed E-state index contributed by atoms with van der Waals surface area (Å²) in [6, 6.07) is 0. The summed E-state index contributed by atoms with van der Waals surface area (Å²) in [4.78, 5) is 0. The van der Waals surface area contributed by atoms with Crippen LogP contribution in [0.2, 0.25) is 0 Å². The highest BCUT2D eigenvalue weighted by Crippen LogP contribution is 1.81. The number of terminal acetylenes is 2. The van der Waals surface area contributed by atoms with Gasteiger partial charge in [0.15, 0.2) is 0 Å². The van der Waals surface area contributed by atoms with Crippen molar-refractivity contribution in [2.24, 2.45) is 0 Å². The maximum absolute atomic E-state index is 5.13. The van der Waals surface area contributed by atoms with Crippen molar-refractivity contribution >= 4 is 10.0 Å². The number of hydrogen-bond donors (Lipinski definition) is 0. The van der Waals surface area contributed by atoms with E-state index in [0.29, 0.717) is 26.1 Å². The van der Waals surface area contributed by atoms with E-state index in [-0.39, 0.29) is 0 Å². The lowest BCUT2D eigenvalue weighted by atomic mass is 10.5. The van der Waals surface area contributed by atoms with Crippen molar-refractivity contribution in [3.05, 3.63) is 0 Å². The van der Waals surface area contributed by atoms with Crippen molar-refractivity contribution in [3.63, 3.8) is 0 Å². The van der Waals surface area contributed by atoms with Crippen LogP contribution in [0.1, 0.15) is 12.8 Å². The lowest BCUT2D eigenvalue weighted by molar-refractivity contribution is 0.230. The summed E-state index contributed by atoms with van der Waals surface area (Å²) in [5.41, 5.74) is 0. The molecule has 0 aromatic carbocycles. The number of hydrogen-bond acceptors (Lipinski definition) is 2. The second-order valence-corrected chi connectivity index (χ2v) is 2.89. The Balaban J connectivity index is 2.82. The molecule has 0 amide bonds. The van der Waals surface area contributed by atoms with Gasteiger partial charge >= 0.3 is 10.0 Å². The molecule has 0 fully saturated rings. The van der Waals surface area contributed by atoms with Gasteiger partial charge in [-0.25, -0.2) is 0 Å². The highest BCUT2D eigenvalue weighted by molar-refractivity contribution is 6.17. The van der Waals surface area contributed by atoms with Crippen LogP contribution in [0.15, 0.2) is 0 Å². The van der Waals surface area contributed by atoms with E-state index in [1.807, 2.05) is 0 Å². The van der Waals surface area contributed by atoms with Crippen LogP contribution < -0.4 is 0 Å². The minimum absolute atomic E-state index is 0.610. The number of rotatable bonds is 6. The van der Waals surface area contributed by atoms with Gasteiger partial charge < -0.3 is 8.85 Å². The maximum Gasteiger partial charge on any atom is 0.304 e. The Bertz CT molecular complexity index is 136. The summed E-state index contributed by atoms with van der Waals surface area (Å²) in [7, 11) is -0.820. The van der Waals surface area contributed by atoms with Gasteiger partial charge in [0.05, 0.1) is 0 Å². The van der Waals surface area contributed by atoms with Gasteiger partial charge in [0.25, 0.3) is 0 Å². The third-order valence-corrected chi connectivity index (χ3v) is 1.86. The fourth-order valence-corrected chi connectivity index (χ4v) is 1.08. The van der Waals surface area contributed by atoms with Gasteiger partial charge in [-0.05, 0) is 0 Å². The molecule has 0 spiro atoms. The Hall–Kier alpha value is -0.743. The molecule has 0 atom stereocenters. The zero-order valence-electron chi connectivity index (χ0n) is 6.51. The average Bonchev–Trinajstić information content (AvgIpc) is 2.03. The van der Waals surface area contributed by atoms with E-state index in [0.717, 1.165) is 0 Å². The van der Waals surface area contributed by atoms with E-state index in [9.17, 15) is 0 Å². The first kappa shape index (κ1) is 10.3. The molecule has 0 bridgehead atoms. The Kier molecular flexibility index (Phi) is 8.63. The Morgan fingerprint density at radius 3 is 1.82 bits per heavy atom. The monoisotopic (exact) mass is 168 g/mol. The Morgan fingerprint density at radius 1 is 1.00 bits per heavy atom. The van der Waals surface area contributed by atoms with Crippen LogP contribution in [-0.2, 0) is 8.85 Å². The van der Waals surface area contributed by atoms with Crippen molar-refractivity contribution in [2.75, 3.05) is 13.2 Å². The lowest BCUT2D eigenvalue weighted by Crippen LogP contribution is -2.06. The zero-order chi connectivity index (χ0) is 8.36. The molecule has 0 aromatic rings. The van der Waals surface area contributed by atoms with Gasteiger partial charge in [0.2, 0.25) is 0 Å². The molecular formula is C8H12O2Si. The molecular weight excluding hydrogens is 156 g/mol. The molecule has 0 aromatic heterocycles. The Labute approximate surface area is 70.3 Å². The van der Waals surface area contributed by atoms with Crippen molar-refractivity contribution in [1.82, 2.24) is 0 Å². The van der Waals surface area contributed by atoms with Crippen LogP contribution in [-0.4, -0.2) is 23.2 Å². The molecule has 0 unspecified atom stereocenters. The van der Waals surface area contributed by atoms with Crippen LogP contribution in [0.25, 0.3) is 0 Å². The minimum Gasteiger partial charge on any atom is -0.398 e. The largest absolute Gasteiger partial charge is 0.398 e. The molecule has 0 aliphatic carbocycles. The molecule has 0 saturated heterocycles. The van der Waals surface area contributed by atoms with Crippen molar-refractivity contribution < 1.29 is 8.85 Å². The molecule has 3 heteroatoms. The fourth-order valence-electron chi connectivity index (χ4n) is 0.439. The maximum atomic E-state index is 5.13. The van der Waals surface area contributed by atoms with Crippen molar-refractivity contribution in [3.8, 4) is 24.7 Å². The van der Waals surface area contributed by atoms with E-state index in [2.05, 4.69) is 11.8 Å². The van der Waals surface area contributed by atoms with E-state index >= 15 is 0 Å². The van der Waals surface area contributed by atoms with Crippen LogP contribution in [0.4, 0.5) is 0 Å². The van der Waals surface area contributed by atoms with E-state index in [4.69, 9.17) is 21.7 Å². The first-order chi connectivity index (χ1) is 5.41. The van der Waals surface area contributed by atoms with Gasteiger partial charge in [-0.1, -0.05) is 0 Å². The Morgan fingerprint density at radius 2 is 1.45 bits per heavy atom. The summed E-state index contributed by atoms with van der Waals surface area (Å²) in [5.74, 6) is 4.96. The van der Waals surface area contributed by atoms with Gasteiger partial charge in [-0.3, -0.25) is 0 Å². The third-order valence-electron chi connectivity index (χ3n) is 0.948. The fraction of sp³-hybridized carbons (Fsp3) is 0.500. The molecule has 11 heavy (non-hydrogen) atoms. The molecule has 60 valence electrons. The first-order valence-electron chi connectivity index (χ1n) is 3.44. The third kappa shape index (κ3) is 9.26. The molecule has 2 nitrogen and oxygen atoms in total. The summed E-state index contributed by atoms with van der Waals surface area (Å²) < 4.78 is 10.3. The van der Waals surface area contributed by atoms with Crippen molar-refractivity contribution in [2.45, 2.75) is 12.8 Å². The van der Waals surface area contributed by atoms with Gasteiger partial charge in [0, 0.05) is 26.1 Å². The van der Waals surface area contributed by atoms with E-state index < -0.39 is 10.0 Å². The highest BCUT2D eigenvalue weighted by atomic mass is 28.3. The molecule has 0 aliphatic heterocycles. The molecule has 0 radical (unpaired) electrons. The van der Waals surface area contributed by atoms with Crippen LogP contribution in [0, 0.1) is 24.7 Å². The molecule has 0 saturated carbocycles. The molecule has 0 heterocycles. The molecule has 0 rings (SSSR count). The predicted molar refractivity (Wildman–Crippen MR) is 47.3 cm³/mol. The van der Waals surface area contributed by atoms with Crippen molar-refractivity contribution in [1.29, 1.82) is 0 Å². The molecule has 0 aliphatic rings. The smallest absolute Gasteiger partial charge is 0.304 e. The second kappa shape index (κ2) is 9.26. The summed E-state index contributed by atoms with van der Waals surface area (Å²) in [6.07, 6.45) is 11.3. The summed E-state index contributed by atoms with van der Waals surface area (Å²) in [6.45, 7) is 1.22. The SMILES string of the molecule is C#CCCO[SiH2]OCCC#C. The standard InChI is InChI=1S/C8H12O2Si/c1-3-5-7-9-11-10-8-6-4-2/h1-2H,5-8,11H2. The van der Waals surface area contributed by atoms with Crippen LogP contribution >= 0.6 is 0 Å². The molecule has 0 N–H and O–H groups in total. The van der Waals surface area contributed by atoms with Gasteiger partial charge in [-0.15, -0.1) is 24.7 Å². The summed E-state index contributed by atoms with van der Waals surface area (Å²) >= 11 is 0. The van der Waals surface area contributed by atoms with Gasteiger partial charge in [0.1, 0.15) is 0 Å². The first-order valence-corrected chi connectivity index (χ1v) is 4.59. The topological polar surface area (TPSA) is 18.5 Å². The highest BCUT2D eigenvalue weighted by Gasteiger charge is 1.87. The van der Waals surface area contributed by atoms with E-state index in [1.165, 1.54) is 0 Å². The minimum atomic E-state index is -0.820. The van der Waals surface area contributed by atoms with Crippen LogP contribution in [0.5, 0.6) is 0 Å². The second-order valence-electron chi connectivity index (χ2n) is 1.84. The van der Waals surface area contributed by atoms with Gasteiger partial charge in [-0.2, -0.15) is 0 Å². The lowest BCUT2D eigenvalue weighted by Gasteiger charge is -2.00. The van der Waals surface area contributed by atoms with E-state index in [1.54, 1.807) is 0 Å².